The summed E-state index contributed by atoms with van der Waals surface area (Å²) < 4.78 is 29.2. The first-order chi connectivity index (χ1) is 29.8. The van der Waals surface area contributed by atoms with Gasteiger partial charge in [0.2, 0.25) is 24.6 Å². The number of nitrogens with zero attached hydrogens (tertiary/aromatic N) is 1. The summed E-state index contributed by atoms with van der Waals surface area (Å²) in [5.41, 5.74) is 2.15. The number of pyridine rings is 1. The second-order valence-electron chi connectivity index (χ2n) is 15.4. The molecule has 0 saturated carbocycles. The summed E-state index contributed by atoms with van der Waals surface area (Å²) in [6, 6.07) is 24.0. The van der Waals surface area contributed by atoms with Crippen molar-refractivity contribution in [2.24, 2.45) is 0 Å². The highest BCUT2D eigenvalue weighted by Gasteiger charge is 2.33. The molecule has 5 rings (SSSR count). The van der Waals surface area contributed by atoms with Crippen LogP contribution in [0.15, 0.2) is 90.1 Å². The van der Waals surface area contributed by atoms with Gasteiger partial charge in [0.25, 0.3) is 0 Å². The highest BCUT2D eigenvalue weighted by Crippen LogP contribution is 2.33. The SMILES string of the molecule is CCC(=O)CCCCCCC(=O)NC1OC(COC)CC(c2ccccc2)O1.CCC(=O)CCCCCCC(=O)NC1OC(CSc2ccncc2)CC(c2ccccc2)O1. The van der Waals surface area contributed by atoms with E-state index in [-0.39, 0.29) is 36.2 Å². The van der Waals surface area contributed by atoms with Crippen LogP contribution in [0.5, 0.6) is 0 Å². The standard InChI is InChI=1S/C26H34N2O4S.C22H33NO5/c1-2-21(29)12-8-3-4-9-13-25(30)28-26-31-22(19-33-23-14-16-27-17-15-23)18-24(32-26)20-10-6-5-7-11-20;1-3-18(24)13-9-4-5-10-14-21(25)23-22-27-19(16-26-2)15-20(28-22)17-11-7-6-8-12-17/h5-7,10-11,14-17,22,24,26H,2-4,8-9,12-13,18-19H2,1H3,(H,28,30);6-8,11-12,19-20,22H,3-5,9-10,13-16H2,1-2H3,(H,23,25). The largest absolute Gasteiger partial charge is 0.382 e. The van der Waals surface area contributed by atoms with Crippen molar-refractivity contribution in [3.63, 3.8) is 0 Å². The smallest absolute Gasteiger partial charge is 0.241 e. The number of aromatic nitrogens is 1. The van der Waals surface area contributed by atoms with Crippen LogP contribution in [0.25, 0.3) is 0 Å². The third-order valence-corrected chi connectivity index (χ3v) is 11.7. The van der Waals surface area contributed by atoms with E-state index in [0.29, 0.717) is 63.1 Å². The topological polar surface area (TPSA) is 151 Å². The number of unbranched alkanes of at least 4 members (excludes halogenated alkanes) is 6. The number of carbonyl (C=O) groups excluding carboxylic acids is 4. The van der Waals surface area contributed by atoms with Gasteiger partial charge in [0.1, 0.15) is 11.6 Å². The fraction of sp³-hybridized carbons (Fsp3) is 0.562. The Hall–Kier alpha value is -3.98. The Balaban J connectivity index is 0.000000272. The minimum absolute atomic E-state index is 0.0523. The van der Waals surface area contributed by atoms with Gasteiger partial charge in [-0.15, -0.1) is 11.8 Å². The Morgan fingerprint density at radius 3 is 1.51 bits per heavy atom. The fourth-order valence-electron chi connectivity index (χ4n) is 7.02. The van der Waals surface area contributed by atoms with Gasteiger partial charge in [-0.3, -0.25) is 24.2 Å². The van der Waals surface area contributed by atoms with Crippen molar-refractivity contribution < 1.29 is 42.9 Å². The fourth-order valence-corrected chi connectivity index (χ4v) is 7.93. The first-order valence-electron chi connectivity index (χ1n) is 22.1. The van der Waals surface area contributed by atoms with Gasteiger partial charge in [0.05, 0.1) is 31.0 Å². The highest BCUT2D eigenvalue weighted by molar-refractivity contribution is 7.99. The van der Waals surface area contributed by atoms with Crippen molar-refractivity contribution in [3.8, 4) is 0 Å². The van der Waals surface area contributed by atoms with E-state index in [2.05, 4.69) is 15.6 Å². The Labute approximate surface area is 367 Å². The van der Waals surface area contributed by atoms with Crippen molar-refractivity contribution in [1.29, 1.82) is 0 Å². The van der Waals surface area contributed by atoms with Gasteiger partial charge in [0.15, 0.2) is 0 Å². The molecule has 3 aromatic rings. The Morgan fingerprint density at radius 1 is 0.607 bits per heavy atom. The molecule has 2 aromatic carbocycles. The van der Waals surface area contributed by atoms with Crippen LogP contribution in [0.1, 0.15) is 140 Å². The van der Waals surface area contributed by atoms with Gasteiger partial charge in [-0.1, -0.05) is 100 Å². The van der Waals surface area contributed by atoms with Gasteiger partial charge >= 0.3 is 0 Å². The lowest BCUT2D eigenvalue weighted by Gasteiger charge is -2.36. The number of nitrogens with one attached hydrogen (secondary N) is 2. The Kier molecular flexibility index (Phi) is 23.9. The molecule has 2 aliphatic rings. The lowest BCUT2D eigenvalue weighted by molar-refractivity contribution is -0.262. The molecule has 12 nitrogen and oxygen atoms in total. The van der Waals surface area contributed by atoms with Crippen molar-refractivity contribution >= 4 is 35.1 Å². The van der Waals surface area contributed by atoms with Gasteiger partial charge in [-0.25, -0.2) is 0 Å². The van der Waals surface area contributed by atoms with Gasteiger partial charge in [-0.05, 0) is 48.9 Å². The molecule has 0 aliphatic carbocycles. The molecule has 2 aliphatic heterocycles. The number of Topliss-reactive ketones (excluding diaryl/α,β-unsaturated/α-hetero) is 2. The maximum atomic E-state index is 12.5. The summed E-state index contributed by atoms with van der Waals surface area (Å²) in [4.78, 5) is 52.6. The summed E-state index contributed by atoms with van der Waals surface area (Å²) in [5.74, 6) is 1.23. The minimum Gasteiger partial charge on any atom is -0.382 e. The predicted octanol–water partition coefficient (Wildman–Crippen LogP) is 9.34. The van der Waals surface area contributed by atoms with Gasteiger partial charge in [-0.2, -0.15) is 0 Å². The third kappa shape index (κ3) is 20.2. The maximum Gasteiger partial charge on any atom is 0.241 e. The van der Waals surface area contributed by atoms with E-state index in [1.54, 1.807) is 31.3 Å². The second kappa shape index (κ2) is 29.3. The highest BCUT2D eigenvalue weighted by atomic mass is 32.2. The number of ether oxygens (including phenoxy) is 5. The van der Waals surface area contributed by atoms with E-state index in [4.69, 9.17) is 23.7 Å². The zero-order chi connectivity index (χ0) is 43.5. The minimum atomic E-state index is -0.770. The molecule has 2 fully saturated rings. The van der Waals surface area contributed by atoms with Crippen molar-refractivity contribution in [3.05, 3.63) is 96.3 Å². The number of benzene rings is 2. The molecule has 2 saturated heterocycles. The van der Waals surface area contributed by atoms with Crippen LogP contribution >= 0.6 is 11.8 Å². The summed E-state index contributed by atoms with van der Waals surface area (Å²) in [6.45, 7) is 4.24. The molecule has 2 N–H and O–H groups in total. The lowest BCUT2D eigenvalue weighted by atomic mass is 10.0. The zero-order valence-corrected chi connectivity index (χ0v) is 37.1. The van der Waals surface area contributed by atoms with Crippen LogP contribution in [0.2, 0.25) is 0 Å². The molecule has 0 bridgehead atoms. The van der Waals surface area contributed by atoms with E-state index in [1.807, 2.05) is 86.6 Å². The molecule has 0 radical (unpaired) electrons. The van der Waals surface area contributed by atoms with Gasteiger partial charge in [0, 0.05) is 81.5 Å². The molecule has 3 heterocycles. The summed E-state index contributed by atoms with van der Waals surface area (Å²) in [6.07, 6.45) is 13.6. The summed E-state index contributed by atoms with van der Waals surface area (Å²) >= 11 is 1.71. The number of thioether (sulfide) groups is 1. The van der Waals surface area contributed by atoms with E-state index < -0.39 is 12.8 Å². The van der Waals surface area contributed by atoms with E-state index >= 15 is 0 Å². The van der Waals surface area contributed by atoms with Crippen LogP contribution < -0.4 is 10.6 Å². The summed E-state index contributed by atoms with van der Waals surface area (Å²) in [5, 5.41) is 5.74. The molecule has 13 heteroatoms. The number of hydrogen-bond donors (Lipinski definition) is 2. The third-order valence-electron chi connectivity index (χ3n) is 10.5. The lowest BCUT2D eigenvalue weighted by Crippen LogP contribution is -2.46. The number of hydrogen-bond acceptors (Lipinski definition) is 11. The van der Waals surface area contributed by atoms with Crippen molar-refractivity contribution in [2.75, 3.05) is 19.5 Å². The molecule has 6 atom stereocenters. The number of ketones is 2. The average molecular weight is 862 g/mol. The molecule has 0 spiro atoms. The van der Waals surface area contributed by atoms with Gasteiger partial charge < -0.3 is 34.3 Å². The maximum absolute atomic E-state index is 12.5. The molecular formula is C48H67N3O9S. The first-order valence-corrected chi connectivity index (χ1v) is 23.1. The van der Waals surface area contributed by atoms with Crippen LogP contribution in [0, 0.1) is 0 Å². The van der Waals surface area contributed by atoms with Crippen LogP contribution in [0.4, 0.5) is 0 Å². The monoisotopic (exact) mass is 861 g/mol. The first kappa shape index (κ1) is 49.7. The van der Waals surface area contributed by atoms with Crippen LogP contribution in [-0.2, 0) is 42.9 Å². The van der Waals surface area contributed by atoms with Crippen LogP contribution in [-0.4, -0.2) is 72.9 Å². The quantitative estimate of drug-likeness (QED) is 0.0620. The second-order valence-corrected chi connectivity index (χ2v) is 16.5. The molecular weight excluding hydrogens is 795 g/mol. The number of amides is 2. The molecule has 6 unspecified atom stereocenters. The molecule has 334 valence electrons. The molecule has 1 aromatic heterocycles. The Bertz CT molecular complexity index is 1690. The number of methoxy groups -OCH3 is 1. The van der Waals surface area contributed by atoms with Crippen molar-refractivity contribution in [2.45, 2.75) is 159 Å². The Morgan fingerprint density at radius 2 is 1.05 bits per heavy atom. The number of rotatable bonds is 25. The van der Waals surface area contributed by atoms with E-state index in [9.17, 15) is 19.2 Å². The van der Waals surface area contributed by atoms with E-state index in [0.717, 1.165) is 79.6 Å². The predicted molar refractivity (Wildman–Crippen MR) is 236 cm³/mol. The zero-order valence-electron chi connectivity index (χ0n) is 36.3. The van der Waals surface area contributed by atoms with Crippen molar-refractivity contribution in [1.82, 2.24) is 15.6 Å². The molecule has 61 heavy (non-hydrogen) atoms. The number of carbonyl (C=O) groups is 4. The summed E-state index contributed by atoms with van der Waals surface area (Å²) in [7, 11) is 1.64. The molecule has 2 amide bonds. The van der Waals surface area contributed by atoms with E-state index in [1.165, 1.54) is 0 Å². The average Bonchev–Trinajstić information content (AvgIpc) is 3.29. The van der Waals surface area contributed by atoms with Crippen LogP contribution in [0.3, 0.4) is 0 Å². The normalized spacial score (nSPS) is 21.1.